The highest BCUT2D eigenvalue weighted by Gasteiger charge is 2.38. The molecule has 1 heterocycles. The van der Waals surface area contributed by atoms with Crippen molar-refractivity contribution >= 4 is 11.9 Å². The minimum Gasteiger partial charge on any atom is -0.484 e. The number of carboxylic acids is 1. The second kappa shape index (κ2) is 5.92. The average Bonchev–Trinajstić information content (AvgIpc) is 2.78. The van der Waals surface area contributed by atoms with Crippen molar-refractivity contribution in [3.05, 3.63) is 29.8 Å². The van der Waals surface area contributed by atoms with Crippen LogP contribution in [0.1, 0.15) is 12.0 Å². The molecule has 0 aromatic heterocycles. The van der Waals surface area contributed by atoms with Gasteiger partial charge in [0.15, 0.2) is 6.61 Å². The van der Waals surface area contributed by atoms with Crippen LogP contribution >= 0.6 is 0 Å². The van der Waals surface area contributed by atoms with Gasteiger partial charge in [-0.1, -0.05) is 12.1 Å². The standard InChI is InChI=1S/C14H17NO5/c1-9-3-2-4-11(5-9)20-8-13(17)15-7-10(16)6-12(15)14(18)19/h2-5,10,12,16H,6-8H2,1H3,(H,18,19)/t10-,12-/m0/s1. The van der Waals surface area contributed by atoms with E-state index in [1.807, 2.05) is 19.1 Å². The van der Waals surface area contributed by atoms with Gasteiger partial charge < -0.3 is 19.8 Å². The lowest BCUT2D eigenvalue weighted by molar-refractivity contribution is -0.148. The van der Waals surface area contributed by atoms with Crippen molar-refractivity contribution in [2.75, 3.05) is 13.2 Å². The molecule has 108 valence electrons. The first-order valence-corrected chi connectivity index (χ1v) is 6.37. The van der Waals surface area contributed by atoms with E-state index in [-0.39, 0.29) is 19.6 Å². The Morgan fingerprint density at radius 3 is 2.85 bits per heavy atom. The number of nitrogens with zero attached hydrogens (tertiary/aromatic N) is 1. The maximum absolute atomic E-state index is 12.0. The highest BCUT2D eigenvalue weighted by atomic mass is 16.5. The minimum absolute atomic E-state index is 0.0347. The Morgan fingerprint density at radius 2 is 2.20 bits per heavy atom. The number of aliphatic carboxylic acids is 1. The number of carbonyl (C=O) groups excluding carboxylic acids is 1. The smallest absolute Gasteiger partial charge is 0.326 e. The number of rotatable bonds is 4. The first-order chi connectivity index (χ1) is 9.47. The Balaban J connectivity index is 1.96. The third-order valence-corrected chi connectivity index (χ3v) is 3.24. The Bertz CT molecular complexity index is 516. The van der Waals surface area contributed by atoms with Gasteiger partial charge in [-0.2, -0.15) is 0 Å². The summed E-state index contributed by atoms with van der Waals surface area (Å²) in [6.07, 6.45) is -0.732. The number of ether oxygens (including phenoxy) is 1. The van der Waals surface area contributed by atoms with Gasteiger partial charge in [-0.15, -0.1) is 0 Å². The molecular weight excluding hydrogens is 262 g/mol. The molecule has 6 nitrogen and oxygen atoms in total. The summed E-state index contributed by atoms with van der Waals surface area (Å²) in [6, 6.07) is 6.27. The summed E-state index contributed by atoms with van der Waals surface area (Å²) in [7, 11) is 0. The van der Waals surface area contributed by atoms with Crippen LogP contribution in [0.2, 0.25) is 0 Å². The fraction of sp³-hybridized carbons (Fsp3) is 0.429. The monoisotopic (exact) mass is 279 g/mol. The molecule has 0 saturated carbocycles. The fourth-order valence-corrected chi connectivity index (χ4v) is 2.26. The average molecular weight is 279 g/mol. The molecule has 0 radical (unpaired) electrons. The van der Waals surface area contributed by atoms with E-state index in [1.54, 1.807) is 12.1 Å². The van der Waals surface area contributed by atoms with E-state index in [0.29, 0.717) is 5.75 Å². The highest BCUT2D eigenvalue weighted by Crippen LogP contribution is 2.19. The molecule has 1 aromatic carbocycles. The molecule has 0 aliphatic carbocycles. The SMILES string of the molecule is Cc1cccc(OCC(=O)N2C[C@@H](O)C[C@H]2C(=O)O)c1. The van der Waals surface area contributed by atoms with Crippen molar-refractivity contribution in [2.24, 2.45) is 0 Å². The molecule has 1 aromatic rings. The molecular formula is C14H17NO5. The van der Waals surface area contributed by atoms with Crippen molar-refractivity contribution in [3.63, 3.8) is 0 Å². The van der Waals surface area contributed by atoms with Gasteiger partial charge in [0.2, 0.25) is 0 Å². The van der Waals surface area contributed by atoms with Gasteiger partial charge >= 0.3 is 5.97 Å². The number of β-amino-alcohol motifs (C(OH)–C–C–N with tert-alkyl or cyclic N) is 1. The Kier molecular flexibility index (Phi) is 4.24. The van der Waals surface area contributed by atoms with Crippen LogP contribution in [0.4, 0.5) is 0 Å². The molecule has 2 N–H and O–H groups in total. The number of hydrogen-bond donors (Lipinski definition) is 2. The van der Waals surface area contributed by atoms with Gasteiger partial charge in [0, 0.05) is 13.0 Å². The normalized spacial score (nSPS) is 21.8. The molecule has 6 heteroatoms. The molecule has 1 amide bonds. The molecule has 2 rings (SSSR count). The van der Waals surface area contributed by atoms with E-state index in [2.05, 4.69) is 0 Å². The maximum Gasteiger partial charge on any atom is 0.326 e. The first-order valence-electron chi connectivity index (χ1n) is 6.37. The number of aliphatic hydroxyl groups is 1. The quantitative estimate of drug-likeness (QED) is 0.834. The molecule has 1 fully saturated rings. The highest BCUT2D eigenvalue weighted by molar-refractivity contribution is 5.85. The van der Waals surface area contributed by atoms with Crippen LogP contribution in [0, 0.1) is 6.92 Å². The molecule has 1 saturated heterocycles. The van der Waals surface area contributed by atoms with Crippen molar-refractivity contribution in [2.45, 2.75) is 25.5 Å². The number of carbonyl (C=O) groups is 2. The molecule has 0 unspecified atom stereocenters. The van der Waals surface area contributed by atoms with E-state index in [0.717, 1.165) is 10.5 Å². The van der Waals surface area contributed by atoms with Gasteiger partial charge in [-0.05, 0) is 24.6 Å². The van der Waals surface area contributed by atoms with Crippen LogP contribution in [0.5, 0.6) is 5.75 Å². The van der Waals surface area contributed by atoms with Crippen molar-refractivity contribution in [1.82, 2.24) is 4.90 Å². The second-order valence-electron chi connectivity index (χ2n) is 4.89. The lowest BCUT2D eigenvalue weighted by atomic mass is 10.2. The number of benzene rings is 1. The predicted molar refractivity (Wildman–Crippen MR) is 70.4 cm³/mol. The lowest BCUT2D eigenvalue weighted by Crippen LogP contribution is -2.42. The lowest BCUT2D eigenvalue weighted by Gasteiger charge is -2.21. The molecule has 1 aliphatic heterocycles. The third-order valence-electron chi connectivity index (χ3n) is 3.24. The summed E-state index contributed by atoms with van der Waals surface area (Å²) >= 11 is 0. The summed E-state index contributed by atoms with van der Waals surface area (Å²) in [5, 5.41) is 18.5. The number of likely N-dealkylation sites (tertiary alicyclic amines) is 1. The van der Waals surface area contributed by atoms with E-state index in [9.17, 15) is 14.7 Å². The number of carboxylic acid groups (broad SMARTS) is 1. The van der Waals surface area contributed by atoms with Gasteiger partial charge in [0.25, 0.3) is 5.91 Å². The number of aliphatic hydroxyl groups excluding tert-OH is 1. The summed E-state index contributed by atoms with van der Waals surface area (Å²) in [5.74, 6) is -0.981. The first kappa shape index (κ1) is 14.3. The predicted octanol–water partition coefficient (Wildman–Crippen LogP) is 0.420. The minimum atomic E-state index is -1.11. The van der Waals surface area contributed by atoms with Gasteiger partial charge in [0.05, 0.1) is 6.10 Å². The van der Waals surface area contributed by atoms with Gasteiger partial charge in [-0.3, -0.25) is 4.79 Å². The molecule has 2 atom stereocenters. The summed E-state index contributed by atoms with van der Waals surface area (Å²) < 4.78 is 5.36. The van der Waals surface area contributed by atoms with Crippen LogP contribution in [-0.2, 0) is 9.59 Å². The van der Waals surface area contributed by atoms with Crippen molar-refractivity contribution in [3.8, 4) is 5.75 Å². The summed E-state index contributed by atoms with van der Waals surface area (Å²) in [4.78, 5) is 24.2. The van der Waals surface area contributed by atoms with Crippen molar-refractivity contribution in [1.29, 1.82) is 0 Å². The van der Waals surface area contributed by atoms with E-state index in [4.69, 9.17) is 9.84 Å². The zero-order valence-corrected chi connectivity index (χ0v) is 11.2. The van der Waals surface area contributed by atoms with E-state index in [1.165, 1.54) is 0 Å². The zero-order valence-electron chi connectivity index (χ0n) is 11.2. The molecule has 0 spiro atoms. The van der Waals surface area contributed by atoms with Gasteiger partial charge in [0.1, 0.15) is 11.8 Å². The number of amides is 1. The Hall–Kier alpha value is -2.08. The van der Waals surface area contributed by atoms with Crippen LogP contribution < -0.4 is 4.74 Å². The van der Waals surface area contributed by atoms with Crippen molar-refractivity contribution < 1.29 is 24.5 Å². The van der Waals surface area contributed by atoms with Crippen LogP contribution in [0.25, 0.3) is 0 Å². The van der Waals surface area contributed by atoms with Crippen LogP contribution in [-0.4, -0.2) is 52.3 Å². The fourth-order valence-electron chi connectivity index (χ4n) is 2.26. The molecule has 20 heavy (non-hydrogen) atoms. The third kappa shape index (κ3) is 3.27. The Morgan fingerprint density at radius 1 is 1.45 bits per heavy atom. The summed E-state index contributed by atoms with van der Waals surface area (Å²) in [5.41, 5.74) is 1.01. The topological polar surface area (TPSA) is 87.1 Å². The van der Waals surface area contributed by atoms with E-state index >= 15 is 0 Å². The number of aryl methyl sites for hydroxylation is 1. The zero-order chi connectivity index (χ0) is 14.7. The van der Waals surface area contributed by atoms with Crippen LogP contribution in [0.15, 0.2) is 24.3 Å². The maximum atomic E-state index is 12.0. The van der Waals surface area contributed by atoms with Crippen LogP contribution in [0.3, 0.4) is 0 Å². The number of hydrogen-bond acceptors (Lipinski definition) is 4. The Labute approximate surface area is 116 Å². The van der Waals surface area contributed by atoms with E-state index < -0.39 is 24.0 Å². The largest absolute Gasteiger partial charge is 0.484 e. The summed E-state index contributed by atoms with van der Waals surface area (Å²) in [6.45, 7) is 1.71. The molecule has 1 aliphatic rings. The van der Waals surface area contributed by atoms with Gasteiger partial charge in [-0.25, -0.2) is 4.79 Å². The molecule has 0 bridgehead atoms. The second-order valence-corrected chi connectivity index (χ2v) is 4.89.